The second-order valence-corrected chi connectivity index (χ2v) is 5.80. The van der Waals surface area contributed by atoms with Crippen LogP contribution in [0.2, 0.25) is 0 Å². The van der Waals surface area contributed by atoms with Gasteiger partial charge >= 0.3 is 0 Å². The second-order valence-electron chi connectivity index (χ2n) is 5.80. The number of fused-ring (bicyclic) bond motifs is 1. The van der Waals surface area contributed by atoms with E-state index in [1.807, 2.05) is 43.2 Å². The maximum atomic E-state index is 6.20. The zero-order valence-corrected chi connectivity index (χ0v) is 13.3. The first-order valence-corrected chi connectivity index (χ1v) is 7.80. The topological polar surface area (TPSA) is 67.0 Å². The Labute approximate surface area is 133 Å². The van der Waals surface area contributed by atoms with Crippen molar-refractivity contribution in [2.24, 2.45) is 7.05 Å². The van der Waals surface area contributed by atoms with Gasteiger partial charge in [-0.2, -0.15) is 10.1 Å². The molecule has 1 saturated heterocycles. The summed E-state index contributed by atoms with van der Waals surface area (Å²) in [7, 11) is 1.90. The minimum Gasteiger partial charge on any atom is -0.473 e. The van der Waals surface area contributed by atoms with Crippen molar-refractivity contribution in [1.29, 1.82) is 0 Å². The zero-order valence-electron chi connectivity index (χ0n) is 13.3. The molecule has 3 aromatic heterocycles. The number of rotatable bonds is 3. The van der Waals surface area contributed by atoms with Crippen LogP contribution < -0.4 is 4.74 Å². The van der Waals surface area contributed by atoms with Crippen LogP contribution in [0.4, 0.5) is 0 Å². The zero-order chi connectivity index (χ0) is 15.8. The fraction of sp³-hybridized carbons (Fsp3) is 0.438. The van der Waals surface area contributed by atoms with E-state index in [-0.39, 0.29) is 6.10 Å². The maximum Gasteiger partial charge on any atom is 0.242 e. The Morgan fingerprint density at radius 3 is 2.83 bits per heavy atom. The molecular formula is C16H19N5O2. The molecule has 0 unspecified atom stereocenters. The van der Waals surface area contributed by atoms with Gasteiger partial charge in [-0.1, -0.05) is 0 Å². The van der Waals surface area contributed by atoms with Crippen molar-refractivity contribution in [2.45, 2.75) is 25.9 Å². The highest BCUT2D eigenvalue weighted by Gasteiger charge is 2.20. The molecule has 4 rings (SSSR count). The molecule has 0 spiro atoms. The highest BCUT2D eigenvalue weighted by Crippen LogP contribution is 2.28. The van der Waals surface area contributed by atoms with E-state index < -0.39 is 0 Å². The van der Waals surface area contributed by atoms with Gasteiger partial charge in [-0.25, -0.2) is 4.98 Å². The van der Waals surface area contributed by atoms with Crippen molar-refractivity contribution in [3.05, 3.63) is 30.5 Å². The van der Waals surface area contributed by atoms with E-state index >= 15 is 0 Å². The molecule has 7 heteroatoms. The Kier molecular flexibility index (Phi) is 3.49. The van der Waals surface area contributed by atoms with Crippen molar-refractivity contribution >= 4 is 11.0 Å². The summed E-state index contributed by atoms with van der Waals surface area (Å²) in [5.74, 6) is 1.34. The van der Waals surface area contributed by atoms with Gasteiger partial charge in [0, 0.05) is 32.3 Å². The summed E-state index contributed by atoms with van der Waals surface area (Å²) in [5.41, 5.74) is 2.73. The summed E-state index contributed by atoms with van der Waals surface area (Å²) in [5, 5.41) is 4.24. The molecule has 0 radical (unpaired) electrons. The van der Waals surface area contributed by atoms with E-state index in [4.69, 9.17) is 9.47 Å². The first-order valence-electron chi connectivity index (χ1n) is 7.80. The number of aromatic nitrogens is 5. The van der Waals surface area contributed by atoms with Gasteiger partial charge < -0.3 is 14.0 Å². The third-order valence-electron chi connectivity index (χ3n) is 4.03. The summed E-state index contributed by atoms with van der Waals surface area (Å²) in [6.07, 6.45) is 7.66. The van der Waals surface area contributed by atoms with E-state index in [0.29, 0.717) is 11.7 Å². The lowest BCUT2D eigenvalue weighted by Gasteiger charge is -2.23. The van der Waals surface area contributed by atoms with Crippen LogP contribution in [0.15, 0.2) is 24.7 Å². The Morgan fingerprint density at radius 2 is 2.09 bits per heavy atom. The van der Waals surface area contributed by atoms with E-state index in [1.165, 1.54) is 0 Å². The van der Waals surface area contributed by atoms with E-state index in [1.54, 1.807) is 4.68 Å². The van der Waals surface area contributed by atoms with Gasteiger partial charge in [0.15, 0.2) is 0 Å². The standard InChI is InChI=1S/C16H19N5O2/c1-11-18-14-3-6-21(12-9-17-20(2)10-12)15(14)16(19-11)23-13-4-7-22-8-5-13/h3,6,9-10,13H,4-5,7-8H2,1-2H3. The van der Waals surface area contributed by atoms with Gasteiger partial charge in [-0.3, -0.25) is 4.68 Å². The Morgan fingerprint density at radius 1 is 1.26 bits per heavy atom. The Hall–Kier alpha value is -2.41. The van der Waals surface area contributed by atoms with Crippen LogP contribution in [-0.2, 0) is 11.8 Å². The lowest BCUT2D eigenvalue weighted by molar-refractivity contribution is 0.0242. The molecule has 7 nitrogen and oxygen atoms in total. The molecule has 0 aromatic carbocycles. The van der Waals surface area contributed by atoms with Gasteiger partial charge in [0.05, 0.1) is 30.6 Å². The van der Waals surface area contributed by atoms with Gasteiger partial charge in [-0.15, -0.1) is 0 Å². The summed E-state index contributed by atoms with van der Waals surface area (Å²) in [6, 6.07) is 1.98. The van der Waals surface area contributed by atoms with E-state index in [9.17, 15) is 0 Å². The maximum absolute atomic E-state index is 6.20. The third-order valence-corrected chi connectivity index (χ3v) is 4.03. The quantitative estimate of drug-likeness (QED) is 0.740. The molecule has 0 bridgehead atoms. The van der Waals surface area contributed by atoms with Gasteiger partial charge in [0.2, 0.25) is 5.88 Å². The number of hydrogen-bond donors (Lipinski definition) is 0. The van der Waals surface area contributed by atoms with Crippen LogP contribution in [0.25, 0.3) is 16.7 Å². The predicted octanol–water partition coefficient (Wildman–Crippen LogP) is 2.02. The van der Waals surface area contributed by atoms with Crippen molar-refractivity contribution in [1.82, 2.24) is 24.3 Å². The molecule has 4 heterocycles. The van der Waals surface area contributed by atoms with Gasteiger partial charge in [0.25, 0.3) is 0 Å². The largest absolute Gasteiger partial charge is 0.473 e. The average Bonchev–Trinajstić information content (AvgIpc) is 3.14. The fourth-order valence-corrected chi connectivity index (χ4v) is 2.91. The first kappa shape index (κ1) is 14.2. The minimum absolute atomic E-state index is 0.137. The van der Waals surface area contributed by atoms with E-state index in [2.05, 4.69) is 15.1 Å². The fourth-order valence-electron chi connectivity index (χ4n) is 2.91. The number of hydrogen-bond acceptors (Lipinski definition) is 5. The van der Waals surface area contributed by atoms with Crippen LogP contribution in [0.5, 0.6) is 5.88 Å². The first-order chi connectivity index (χ1) is 11.2. The average molecular weight is 313 g/mol. The number of nitrogens with zero attached hydrogens (tertiary/aromatic N) is 5. The summed E-state index contributed by atoms with van der Waals surface area (Å²) < 4.78 is 15.4. The highest BCUT2D eigenvalue weighted by molar-refractivity contribution is 5.82. The Balaban J connectivity index is 1.79. The summed E-state index contributed by atoms with van der Waals surface area (Å²) in [6.45, 7) is 3.36. The van der Waals surface area contributed by atoms with Crippen LogP contribution in [0.1, 0.15) is 18.7 Å². The molecule has 3 aromatic rings. The molecule has 23 heavy (non-hydrogen) atoms. The molecular weight excluding hydrogens is 294 g/mol. The smallest absolute Gasteiger partial charge is 0.242 e. The van der Waals surface area contributed by atoms with Crippen LogP contribution in [0, 0.1) is 6.92 Å². The molecule has 0 amide bonds. The van der Waals surface area contributed by atoms with Crippen molar-refractivity contribution < 1.29 is 9.47 Å². The molecule has 0 aliphatic carbocycles. The summed E-state index contributed by atoms with van der Waals surface area (Å²) in [4.78, 5) is 9.06. The number of aryl methyl sites for hydroxylation is 2. The summed E-state index contributed by atoms with van der Waals surface area (Å²) >= 11 is 0. The molecule has 120 valence electrons. The van der Waals surface area contributed by atoms with E-state index in [0.717, 1.165) is 42.8 Å². The van der Waals surface area contributed by atoms with Crippen molar-refractivity contribution in [3.8, 4) is 11.6 Å². The van der Waals surface area contributed by atoms with Crippen LogP contribution >= 0.6 is 0 Å². The monoisotopic (exact) mass is 313 g/mol. The molecule has 1 aliphatic heterocycles. The molecule has 1 aliphatic rings. The van der Waals surface area contributed by atoms with Crippen molar-refractivity contribution in [3.63, 3.8) is 0 Å². The minimum atomic E-state index is 0.137. The highest BCUT2D eigenvalue weighted by atomic mass is 16.5. The second kappa shape index (κ2) is 5.66. The number of ether oxygens (including phenoxy) is 2. The van der Waals surface area contributed by atoms with Gasteiger partial charge in [0.1, 0.15) is 17.4 Å². The van der Waals surface area contributed by atoms with Crippen LogP contribution in [0.3, 0.4) is 0 Å². The van der Waals surface area contributed by atoms with Crippen LogP contribution in [-0.4, -0.2) is 43.6 Å². The lowest BCUT2D eigenvalue weighted by atomic mass is 10.1. The molecule has 0 saturated carbocycles. The third kappa shape index (κ3) is 2.68. The molecule has 0 N–H and O–H groups in total. The SMILES string of the molecule is Cc1nc(OC2CCOCC2)c2c(ccn2-c2cnn(C)c2)n1. The Bertz CT molecular complexity index is 832. The van der Waals surface area contributed by atoms with Gasteiger partial charge in [-0.05, 0) is 13.0 Å². The lowest BCUT2D eigenvalue weighted by Crippen LogP contribution is -2.26. The molecule has 1 fully saturated rings. The molecule has 0 atom stereocenters. The van der Waals surface area contributed by atoms with Crippen molar-refractivity contribution in [2.75, 3.05) is 13.2 Å². The normalized spacial score (nSPS) is 16.1. The predicted molar refractivity (Wildman–Crippen MR) is 84.8 cm³/mol.